The van der Waals surface area contributed by atoms with E-state index in [4.69, 9.17) is 0 Å². The van der Waals surface area contributed by atoms with Crippen LogP contribution in [0.3, 0.4) is 0 Å². The summed E-state index contributed by atoms with van der Waals surface area (Å²) in [6.45, 7) is 2.01. The molecule has 80 valence electrons. The molecule has 0 aromatic heterocycles. The lowest BCUT2D eigenvalue weighted by Crippen LogP contribution is -2.26. The second-order valence-corrected chi connectivity index (χ2v) is 5.31. The second-order valence-electron chi connectivity index (χ2n) is 3.08. The lowest BCUT2D eigenvalue weighted by Gasteiger charge is -2.09. The van der Waals surface area contributed by atoms with Crippen molar-refractivity contribution < 1.29 is 18.3 Å². The molecule has 0 saturated heterocycles. The molecule has 0 spiro atoms. The van der Waals surface area contributed by atoms with Crippen LogP contribution in [0.2, 0.25) is 0 Å². The second kappa shape index (κ2) is 6.34. The van der Waals surface area contributed by atoms with Crippen molar-refractivity contribution >= 4 is 9.84 Å². The third kappa shape index (κ3) is 6.98. The van der Waals surface area contributed by atoms with Gasteiger partial charge in [-0.3, -0.25) is 0 Å². The first-order valence-corrected chi connectivity index (χ1v) is 6.21. The molecule has 0 aromatic rings. The number of aliphatic hydroxyl groups is 1. The minimum atomic E-state index is -3.10. The third-order valence-corrected chi connectivity index (χ3v) is 3.42. The van der Waals surface area contributed by atoms with E-state index in [0.717, 1.165) is 6.42 Å². The Morgan fingerprint density at radius 1 is 1.46 bits per heavy atom. The van der Waals surface area contributed by atoms with Crippen LogP contribution in [0.25, 0.3) is 0 Å². The van der Waals surface area contributed by atoms with Crippen LogP contribution in [-0.2, 0) is 14.6 Å². The van der Waals surface area contributed by atoms with Crippen LogP contribution in [0.5, 0.6) is 0 Å². The number of unbranched alkanes of at least 4 members (excludes halogenated alkanes) is 1. The maximum Gasteiger partial charge on any atom is 0.152 e. The van der Waals surface area contributed by atoms with Gasteiger partial charge in [0, 0.05) is 7.11 Å². The highest BCUT2D eigenvalue weighted by Gasteiger charge is 2.16. The van der Waals surface area contributed by atoms with Gasteiger partial charge in [0.1, 0.15) is 0 Å². The smallest absolute Gasteiger partial charge is 0.152 e. The molecule has 0 aliphatic rings. The SMILES string of the molecule is CCCCS(=O)(=O)CC(O)COC. The fourth-order valence-corrected chi connectivity index (χ4v) is 2.56. The summed E-state index contributed by atoms with van der Waals surface area (Å²) >= 11 is 0. The average molecular weight is 210 g/mol. The topological polar surface area (TPSA) is 63.6 Å². The summed E-state index contributed by atoms with van der Waals surface area (Å²) in [7, 11) is -1.66. The van der Waals surface area contributed by atoms with Crippen molar-refractivity contribution in [3.05, 3.63) is 0 Å². The Morgan fingerprint density at radius 3 is 2.54 bits per heavy atom. The zero-order valence-electron chi connectivity index (χ0n) is 8.19. The highest BCUT2D eigenvalue weighted by atomic mass is 32.2. The molecule has 1 N–H and O–H groups in total. The Morgan fingerprint density at radius 2 is 2.08 bits per heavy atom. The maximum atomic E-state index is 11.3. The average Bonchev–Trinajstić information content (AvgIpc) is 2.00. The van der Waals surface area contributed by atoms with Gasteiger partial charge in [0.2, 0.25) is 0 Å². The molecule has 0 aromatic carbocycles. The van der Waals surface area contributed by atoms with E-state index >= 15 is 0 Å². The Kier molecular flexibility index (Phi) is 6.28. The van der Waals surface area contributed by atoms with Gasteiger partial charge in [0.15, 0.2) is 9.84 Å². The molecule has 0 heterocycles. The van der Waals surface area contributed by atoms with Gasteiger partial charge >= 0.3 is 0 Å². The summed E-state index contributed by atoms with van der Waals surface area (Å²) in [5.41, 5.74) is 0. The molecular formula is C8H18O4S. The number of methoxy groups -OCH3 is 1. The van der Waals surface area contributed by atoms with Gasteiger partial charge in [-0.05, 0) is 6.42 Å². The molecule has 0 saturated carbocycles. The minimum absolute atomic E-state index is 0.0748. The predicted molar refractivity (Wildman–Crippen MR) is 51.4 cm³/mol. The molecule has 13 heavy (non-hydrogen) atoms. The van der Waals surface area contributed by atoms with Gasteiger partial charge in [-0.2, -0.15) is 0 Å². The Bertz CT molecular complexity index is 210. The Hall–Kier alpha value is -0.130. The summed E-state index contributed by atoms with van der Waals surface area (Å²) in [4.78, 5) is 0. The summed E-state index contributed by atoms with van der Waals surface area (Å²) in [5, 5.41) is 9.18. The van der Waals surface area contributed by atoms with Crippen molar-refractivity contribution in [2.75, 3.05) is 25.2 Å². The highest BCUT2D eigenvalue weighted by Crippen LogP contribution is 2.00. The van der Waals surface area contributed by atoms with Crippen molar-refractivity contribution in [1.82, 2.24) is 0 Å². The van der Waals surface area contributed by atoms with Crippen molar-refractivity contribution in [1.29, 1.82) is 0 Å². The van der Waals surface area contributed by atoms with Crippen LogP contribution in [-0.4, -0.2) is 44.9 Å². The Balaban J connectivity index is 3.87. The molecule has 4 nitrogen and oxygen atoms in total. The fourth-order valence-electron chi connectivity index (χ4n) is 0.981. The van der Waals surface area contributed by atoms with Crippen LogP contribution in [0, 0.1) is 0 Å². The summed E-state index contributed by atoms with van der Waals surface area (Å²) in [6.07, 6.45) is 0.605. The summed E-state index contributed by atoms with van der Waals surface area (Å²) in [6, 6.07) is 0. The summed E-state index contributed by atoms with van der Waals surface area (Å²) in [5.74, 6) is -0.0366. The third-order valence-electron chi connectivity index (χ3n) is 1.61. The molecule has 5 heteroatoms. The quantitative estimate of drug-likeness (QED) is 0.652. The standard InChI is InChI=1S/C8H18O4S/c1-3-4-5-13(10,11)7-8(9)6-12-2/h8-9H,3-7H2,1-2H3. The zero-order chi connectivity index (χ0) is 10.3. The maximum absolute atomic E-state index is 11.3. The predicted octanol–water partition coefficient (Wildman–Crippen LogP) is 0.209. The van der Waals surface area contributed by atoms with E-state index < -0.39 is 15.9 Å². The number of hydrogen-bond donors (Lipinski definition) is 1. The summed E-state index contributed by atoms with van der Waals surface area (Å²) < 4.78 is 27.2. The lowest BCUT2D eigenvalue weighted by molar-refractivity contribution is 0.0783. The van der Waals surface area contributed by atoms with Crippen LogP contribution in [0.15, 0.2) is 0 Å². The van der Waals surface area contributed by atoms with Crippen LogP contribution >= 0.6 is 0 Å². The number of ether oxygens (including phenoxy) is 1. The normalized spacial score (nSPS) is 14.4. The zero-order valence-corrected chi connectivity index (χ0v) is 9.01. The molecule has 0 fully saturated rings. The molecular weight excluding hydrogens is 192 g/mol. The molecule has 1 unspecified atom stereocenters. The molecule has 0 rings (SSSR count). The first-order chi connectivity index (χ1) is 6.02. The molecule has 0 amide bonds. The monoisotopic (exact) mass is 210 g/mol. The van der Waals surface area contributed by atoms with Gasteiger partial charge in [-0.1, -0.05) is 13.3 Å². The van der Waals surface area contributed by atoms with Crippen molar-refractivity contribution in [3.63, 3.8) is 0 Å². The van der Waals surface area contributed by atoms with Gasteiger partial charge in [-0.15, -0.1) is 0 Å². The van der Waals surface area contributed by atoms with Crippen molar-refractivity contribution in [2.45, 2.75) is 25.9 Å². The van der Waals surface area contributed by atoms with Gasteiger partial charge in [0.25, 0.3) is 0 Å². The van der Waals surface area contributed by atoms with Crippen molar-refractivity contribution in [3.8, 4) is 0 Å². The first kappa shape index (κ1) is 12.9. The van der Waals surface area contributed by atoms with Gasteiger partial charge < -0.3 is 9.84 Å². The number of hydrogen-bond acceptors (Lipinski definition) is 4. The Labute approximate surface area is 79.8 Å². The fraction of sp³-hybridized carbons (Fsp3) is 1.00. The van der Waals surface area contributed by atoms with E-state index in [1.165, 1.54) is 7.11 Å². The first-order valence-electron chi connectivity index (χ1n) is 4.39. The molecule has 0 aliphatic carbocycles. The number of sulfone groups is 1. The van der Waals surface area contributed by atoms with Gasteiger partial charge in [0.05, 0.1) is 24.2 Å². The van der Waals surface area contributed by atoms with E-state index in [0.29, 0.717) is 6.42 Å². The molecule has 0 aliphatic heterocycles. The van der Waals surface area contributed by atoms with Gasteiger partial charge in [-0.25, -0.2) is 8.42 Å². The lowest BCUT2D eigenvalue weighted by atomic mass is 10.4. The van der Waals surface area contributed by atoms with Crippen LogP contribution in [0.4, 0.5) is 0 Å². The van der Waals surface area contributed by atoms with Crippen LogP contribution in [0.1, 0.15) is 19.8 Å². The largest absolute Gasteiger partial charge is 0.390 e. The molecule has 1 atom stereocenters. The van der Waals surface area contributed by atoms with E-state index in [2.05, 4.69) is 4.74 Å². The van der Waals surface area contributed by atoms with E-state index in [1.807, 2.05) is 6.92 Å². The number of aliphatic hydroxyl groups excluding tert-OH is 1. The van der Waals surface area contributed by atoms with E-state index in [9.17, 15) is 13.5 Å². The number of rotatable bonds is 7. The van der Waals surface area contributed by atoms with E-state index in [1.54, 1.807) is 0 Å². The molecule has 0 radical (unpaired) electrons. The highest BCUT2D eigenvalue weighted by molar-refractivity contribution is 7.91. The van der Waals surface area contributed by atoms with E-state index in [-0.39, 0.29) is 18.1 Å². The van der Waals surface area contributed by atoms with Crippen molar-refractivity contribution in [2.24, 2.45) is 0 Å². The minimum Gasteiger partial charge on any atom is -0.390 e. The van der Waals surface area contributed by atoms with Crippen LogP contribution < -0.4 is 0 Å². The molecule has 0 bridgehead atoms.